The van der Waals surface area contributed by atoms with E-state index in [1.165, 1.54) is 173 Å². The van der Waals surface area contributed by atoms with Crippen molar-refractivity contribution >= 4 is 39.5 Å². The second kappa shape index (κ2) is 63.5. The second-order valence-corrected chi connectivity index (χ2v) is 31.3. The van der Waals surface area contributed by atoms with Gasteiger partial charge in [-0.15, -0.1) is 0 Å². The number of carbonyl (C=O) groups is 4. The van der Waals surface area contributed by atoms with Crippen molar-refractivity contribution in [2.75, 3.05) is 39.6 Å². The fourth-order valence-electron chi connectivity index (χ4n) is 11.2. The lowest BCUT2D eigenvalue weighted by Crippen LogP contribution is -2.30. The molecule has 0 fully saturated rings. The molecular formula is C74H144O17P2. The topological polar surface area (TPSA) is 237 Å². The van der Waals surface area contributed by atoms with Crippen molar-refractivity contribution in [1.82, 2.24) is 0 Å². The van der Waals surface area contributed by atoms with E-state index in [1.807, 2.05) is 0 Å². The zero-order valence-electron chi connectivity index (χ0n) is 60.9. The highest BCUT2D eigenvalue weighted by atomic mass is 31.2. The van der Waals surface area contributed by atoms with Gasteiger partial charge < -0.3 is 33.8 Å². The zero-order chi connectivity index (χ0) is 68.9. The van der Waals surface area contributed by atoms with Crippen LogP contribution in [0.1, 0.15) is 370 Å². The normalized spacial score (nSPS) is 14.5. The number of ether oxygens (including phenoxy) is 4. The smallest absolute Gasteiger partial charge is 0.462 e. The minimum Gasteiger partial charge on any atom is -0.462 e. The summed E-state index contributed by atoms with van der Waals surface area (Å²) in [6.45, 7) is 14.1. The van der Waals surface area contributed by atoms with Gasteiger partial charge in [0.05, 0.1) is 26.4 Å². The van der Waals surface area contributed by atoms with E-state index in [9.17, 15) is 43.2 Å². The van der Waals surface area contributed by atoms with Crippen LogP contribution in [0.5, 0.6) is 0 Å². The van der Waals surface area contributed by atoms with Gasteiger partial charge in [0.2, 0.25) is 0 Å². The van der Waals surface area contributed by atoms with Crippen molar-refractivity contribution in [2.45, 2.75) is 388 Å². The van der Waals surface area contributed by atoms with Crippen molar-refractivity contribution in [2.24, 2.45) is 23.7 Å². The van der Waals surface area contributed by atoms with E-state index in [1.54, 1.807) is 0 Å². The molecule has 0 saturated heterocycles. The van der Waals surface area contributed by atoms with Gasteiger partial charge in [0.15, 0.2) is 12.2 Å². The van der Waals surface area contributed by atoms with Gasteiger partial charge in [-0.1, -0.05) is 319 Å². The standard InChI is InChI=1S/C74H144O17P2/c1-9-67(8)53-45-37-32-33-41-49-57-74(79)91-70(61-85-72(77)55-47-39-30-25-24-28-36-44-52-66(6)7)63-89-93(82,83)87-59-68(75)58-86-92(80,81)88-62-69(60-84-71(76)54-46-38-29-22-19-15-17-21-27-35-43-51-65(4)5)90-73(78)56-48-40-31-23-18-14-12-10-11-13-16-20-26-34-42-50-64(2)3/h64-70,75H,9-63H2,1-8H3,(H,80,81)(H,82,83)/t67?,68?,69-,70-/m1/s1. The molecule has 3 N–H and O–H groups in total. The average molecular weight is 1370 g/mol. The third-order valence-corrected chi connectivity index (χ3v) is 19.3. The Hall–Kier alpha value is -1.94. The molecule has 0 aliphatic carbocycles. The molecule has 6 atom stereocenters. The molecule has 0 bridgehead atoms. The van der Waals surface area contributed by atoms with Crippen molar-refractivity contribution < 1.29 is 80.2 Å². The van der Waals surface area contributed by atoms with Crippen molar-refractivity contribution in [1.29, 1.82) is 0 Å². The summed E-state index contributed by atoms with van der Waals surface area (Å²) >= 11 is 0. The van der Waals surface area contributed by atoms with Crippen LogP contribution in [0.4, 0.5) is 0 Å². The summed E-state index contributed by atoms with van der Waals surface area (Å²) in [5.74, 6) is 0.894. The Bertz CT molecular complexity index is 1840. The summed E-state index contributed by atoms with van der Waals surface area (Å²) in [6, 6.07) is 0. The molecule has 0 heterocycles. The van der Waals surface area contributed by atoms with Gasteiger partial charge in [-0.2, -0.15) is 0 Å². The van der Waals surface area contributed by atoms with Gasteiger partial charge >= 0.3 is 39.5 Å². The highest BCUT2D eigenvalue weighted by Crippen LogP contribution is 2.45. The number of phosphoric acid groups is 2. The maximum Gasteiger partial charge on any atom is 0.472 e. The minimum absolute atomic E-state index is 0.102. The fraction of sp³-hybridized carbons (Fsp3) is 0.946. The minimum atomic E-state index is -4.96. The summed E-state index contributed by atoms with van der Waals surface area (Å²) in [7, 11) is -9.91. The molecule has 0 aromatic rings. The molecule has 0 aliphatic rings. The van der Waals surface area contributed by atoms with E-state index >= 15 is 0 Å². The first-order valence-electron chi connectivity index (χ1n) is 38.2. The molecule has 93 heavy (non-hydrogen) atoms. The number of carbonyl (C=O) groups excluding carboxylic acids is 4. The van der Waals surface area contributed by atoms with Crippen LogP contribution in [-0.4, -0.2) is 96.7 Å². The Labute approximate surface area is 568 Å². The zero-order valence-corrected chi connectivity index (χ0v) is 62.7. The molecular weight excluding hydrogens is 1220 g/mol. The number of unbranched alkanes of at least 4 members (excludes halogenated alkanes) is 36. The Kier molecular flexibility index (Phi) is 62.2. The lowest BCUT2D eigenvalue weighted by Gasteiger charge is -2.21. The number of rotatable bonds is 71. The maximum atomic E-state index is 13.1. The lowest BCUT2D eigenvalue weighted by molar-refractivity contribution is -0.161. The van der Waals surface area contributed by atoms with Crippen LogP contribution in [0, 0.1) is 23.7 Å². The quantitative estimate of drug-likeness (QED) is 0.0222. The predicted molar refractivity (Wildman–Crippen MR) is 377 cm³/mol. The molecule has 19 heteroatoms. The molecule has 0 aromatic carbocycles. The molecule has 4 unspecified atom stereocenters. The number of aliphatic hydroxyl groups excluding tert-OH is 1. The summed E-state index contributed by atoms with van der Waals surface area (Å²) in [5.41, 5.74) is 0. The first-order valence-corrected chi connectivity index (χ1v) is 41.2. The van der Waals surface area contributed by atoms with E-state index in [0.717, 1.165) is 114 Å². The van der Waals surface area contributed by atoms with E-state index in [-0.39, 0.29) is 25.7 Å². The summed E-state index contributed by atoms with van der Waals surface area (Å²) in [5, 5.41) is 10.6. The van der Waals surface area contributed by atoms with Crippen LogP contribution < -0.4 is 0 Å². The largest absolute Gasteiger partial charge is 0.472 e. The molecule has 0 aromatic heterocycles. The molecule has 552 valence electrons. The van der Waals surface area contributed by atoms with Gasteiger partial charge in [-0.05, 0) is 49.4 Å². The van der Waals surface area contributed by atoms with Crippen LogP contribution in [-0.2, 0) is 65.4 Å². The third kappa shape index (κ3) is 67.0. The Balaban J connectivity index is 5.24. The Morgan fingerprint density at radius 2 is 0.516 bits per heavy atom. The van der Waals surface area contributed by atoms with Crippen molar-refractivity contribution in [3.8, 4) is 0 Å². The van der Waals surface area contributed by atoms with E-state index in [2.05, 4.69) is 55.4 Å². The van der Waals surface area contributed by atoms with Crippen LogP contribution >= 0.6 is 15.6 Å². The molecule has 0 radical (unpaired) electrons. The van der Waals surface area contributed by atoms with E-state index in [4.69, 9.17) is 37.0 Å². The predicted octanol–water partition coefficient (Wildman–Crippen LogP) is 21.3. The third-order valence-electron chi connectivity index (χ3n) is 17.4. The summed E-state index contributed by atoms with van der Waals surface area (Å²) in [6.07, 6.45) is 47.3. The van der Waals surface area contributed by atoms with Crippen LogP contribution in [0.2, 0.25) is 0 Å². The van der Waals surface area contributed by atoms with E-state index < -0.39 is 97.5 Å². The van der Waals surface area contributed by atoms with E-state index in [0.29, 0.717) is 25.7 Å². The molecule has 0 amide bonds. The number of hydrogen-bond donors (Lipinski definition) is 3. The monoisotopic (exact) mass is 1370 g/mol. The number of esters is 4. The number of aliphatic hydroxyl groups is 1. The Morgan fingerprint density at radius 3 is 0.763 bits per heavy atom. The molecule has 0 spiro atoms. The molecule has 0 aliphatic heterocycles. The van der Waals surface area contributed by atoms with Crippen molar-refractivity contribution in [3.63, 3.8) is 0 Å². The molecule has 17 nitrogen and oxygen atoms in total. The summed E-state index contributed by atoms with van der Waals surface area (Å²) in [4.78, 5) is 72.7. The first kappa shape index (κ1) is 91.1. The van der Waals surface area contributed by atoms with Crippen molar-refractivity contribution in [3.05, 3.63) is 0 Å². The SMILES string of the molecule is CCC(C)CCCCCCCCC(=O)O[C@H](COC(=O)CCCCCCCCCCC(C)C)COP(=O)(O)OCC(O)COP(=O)(O)OC[C@@H](COC(=O)CCCCCCCCCCCCCC(C)C)OC(=O)CCCCCCCCCCCCCCCCCC(C)C. The van der Waals surface area contributed by atoms with Gasteiger partial charge in [0.25, 0.3) is 0 Å². The second-order valence-electron chi connectivity index (χ2n) is 28.4. The highest BCUT2D eigenvalue weighted by molar-refractivity contribution is 7.47. The Morgan fingerprint density at radius 1 is 0.301 bits per heavy atom. The first-order chi connectivity index (χ1) is 44.6. The maximum absolute atomic E-state index is 13.1. The van der Waals surface area contributed by atoms with Gasteiger partial charge in [-0.25, -0.2) is 9.13 Å². The molecule has 0 saturated carbocycles. The highest BCUT2D eigenvalue weighted by Gasteiger charge is 2.30. The number of phosphoric ester groups is 2. The van der Waals surface area contributed by atoms with Gasteiger partial charge in [0.1, 0.15) is 19.3 Å². The van der Waals surface area contributed by atoms with Crippen LogP contribution in [0.15, 0.2) is 0 Å². The van der Waals surface area contributed by atoms with Crippen LogP contribution in [0.25, 0.3) is 0 Å². The number of hydrogen-bond acceptors (Lipinski definition) is 15. The average Bonchev–Trinajstić information content (AvgIpc) is 1.61. The van der Waals surface area contributed by atoms with Gasteiger partial charge in [-0.3, -0.25) is 37.3 Å². The van der Waals surface area contributed by atoms with Crippen LogP contribution in [0.3, 0.4) is 0 Å². The van der Waals surface area contributed by atoms with Gasteiger partial charge in [0, 0.05) is 25.7 Å². The lowest BCUT2D eigenvalue weighted by atomic mass is 10.00. The fourth-order valence-corrected chi connectivity index (χ4v) is 12.7. The summed E-state index contributed by atoms with van der Waals surface area (Å²) < 4.78 is 68.4. The molecule has 0 rings (SSSR count).